The largest absolute Gasteiger partial charge is 0.457 e. The number of anilines is 5. The third-order valence-electron chi connectivity index (χ3n) is 11.3. The van der Waals surface area contributed by atoms with Crippen LogP contribution in [0, 0.1) is 0 Å². The van der Waals surface area contributed by atoms with Crippen LogP contribution in [0.5, 0.6) is 11.5 Å². The summed E-state index contributed by atoms with van der Waals surface area (Å²) in [5, 5.41) is 2.56. The second-order valence-electron chi connectivity index (χ2n) is 14.1. The van der Waals surface area contributed by atoms with Gasteiger partial charge in [-0.15, -0.1) is 11.3 Å². The highest BCUT2D eigenvalue weighted by Gasteiger charge is 2.51. The molecule has 1 aliphatic heterocycles. The predicted molar refractivity (Wildman–Crippen MR) is 226 cm³/mol. The maximum atomic E-state index is 6.58. The smallest absolute Gasteiger partial charge is 0.132 e. The van der Waals surface area contributed by atoms with E-state index in [1.807, 2.05) is 11.3 Å². The van der Waals surface area contributed by atoms with Crippen LogP contribution in [0.15, 0.2) is 188 Å². The molecule has 256 valence electrons. The zero-order chi connectivity index (χ0) is 35.8. The fraction of sp³-hybridized carbons (Fsp3) is 0.0400. The van der Waals surface area contributed by atoms with Crippen LogP contribution in [0.1, 0.15) is 22.3 Å². The summed E-state index contributed by atoms with van der Waals surface area (Å²) in [6, 6.07) is 68.3. The van der Waals surface area contributed by atoms with E-state index in [0.29, 0.717) is 0 Å². The normalized spacial score (nSPS) is 13.2. The Hall–Kier alpha value is -6.62. The Labute approximate surface area is 318 Å². The van der Waals surface area contributed by atoms with E-state index in [0.717, 1.165) is 39.9 Å². The second kappa shape index (κ2) is 12.0. The molecular weight excluding hydrogens is 677 g/mol. The van der Waals surface area contributed by atoms with Crippen LogP contribution >= 0.6 is 11.3 Å². The lowest BCUT2D eigenvalue weighted by Gasteiger charge is -2.39. The second-order valence-corrected chi connectivity index (χ2v) is 15.2. The number of ether oxygens (including phenoxy) is 1. The zero-order valence-electron chi connectivity index (χ0n) is 29.6. The Kier molecular flexibility index (Phi) is 6.85. The van der Waals surface area contributed by atoms with Crippen LogP contribution in [0.2, 0.25) is 0 Å². The van der Waals surface area contributed by atoms with Crippen LogP contribution in [0.3, 0.4) is 0 Å². The first-order valence-corrected chi connectivity index (χ1v) is 19.2. The summed E-state index contributed by atoms with van der Waals surface area (Å²) in [4.78, 5) is 4.67. The van der Waals surface area contributed by atoms with E-state index in [-0.39, 0.29) is 0 Å². The summed E-state index contributed by atoms with van der Waals surface area (Å²) in [6.45, 7) is 0. The molecule has 0 radical (unpaired) electrons. The molecule has 0 bridgehead atoms. The van der Waals surface area contributed by atoms with Gasteiger partial charge in [0.15, 0.2) is 0 Å². The SMILES string of the molecule is CN(c1ccccc1)c1cccc(N(c2ccc3c(c2)-c2ccccc2C32c3ccccc3Oc3ccccc32)c2ccc3sc4ccccc4c3c2)c1. The number of para-hydroxylation sites is 3. The van der Waals surface area contributed by atoms with Gasteiger partial charge in [0.25, 0.3) is 0 Å². The molecule has 4 heteroatoms. The Balaban J connectivity index is 1.15. The van der Waals surface area contributed by atoms with Crippen molar-refractivity contribution < 1.29 is 4.74 Å². The Bertz CT molecular complexity index is 2870. The van der Waals surface area contributed by atoms with E-state index in [4.69, 9.17) is 4.74 Å². The van der Waals surface area contributed by atoms with Crippen LogP contribution in [0.4, 0.5) is 28.4 Å². The molecule has 2 aliphatic rings. The molecule has 0 amide bonds. The number of thiophene rings is 1. The van der Waals surface area contributed by atoms with Gasteiger partial charge in [-0.1, -0.05) is 109 Å². The average molecular weight is 711 g/mol. The van der Waals surface area contributed by atoms with E-state index < -0.39 is 5.41 Å². The Morgan fingerprint density at radius 1 is 0.407 bits per heavy atom. The van der Waals surface area contributed by atoms with Gasteiger partial charge in [0.2, 0.25) is 0 Å². The molecule has 3 nitrogen and oxygen atoms in total. The molecule has 8 aromatic carbocycles. The van der Waals surface area contributed by atoms with Gasteiger partial charge in [0.05, 0.1) is 5.41 Å². The molecule has 0 saturated heterocycles. The first-order chi connectivity index (χ1) is 26.7. The van der Waals surface area contributed by atoms with E-state index in [1.165, 1.54) is 53.6 Å². The minimum absolute atomic E-state index is 0.506. The van der Waals surface area contributed by atoms with Gasteiger partial charge in [-0.2, -0.15) is 0 Å². The molecule has 54 heavy (non-hydrogen) atoms. The van der Waals surface area contributed by atoms with Crippen LogP contribution in [0.25, 0.3) is 31.3 Å². The molecule has 0 unspecified atom stereocenters. The molecule has 0 N–H and O–H groups in total. The molecule has 2 heterocycles. The van der Waals surface area contributed by atoms with Crippen molar-refractivity contribution in [2.24, 2.45) is 0 Å². The predicted octanol–water partition coefficient (Wildman–Crippen LogP) is 13.8. The van der Waals surface area contributed by atoms with Crippen molar-refractivity contribution in [2.75, 3.05) is 16.8 Å². The molecule has 11 rings (SSSR count). The molecule has 1 aliphatic carbocycles. The summed E-state index contributed by atoms with van der Waals surface area (Å²) in [5.41, 5.74) is 12.5. The van der Waals surface area contributed by atoms with Crippen molar-refractivity contribution in [3.63, 3.8) is 0 Å². The number of fused-ring (bicyclic) bond motifs is 12. The minimum atomic E-state index is -0.506. The molecule has 1 aromatic heterocycles. The zero-order valence-corrected chi connectivity index (χ0v) is 30.4. The van der Waals surface area contributed by atoms with Gasteiger partial charge in [-0.3, -0.25) is 0 Å². The molecule has 9 aromatic rings. The van der Waals surface area contributed by atoms with Crippen molar-refractivity contribution in [3.8, 4) is 22.6 Å². The molecule has 1 spiro atoms. The highest BCUT2D eigenvalue weighted by Crippen LogP contribution is 2.62. The number of hydrogen-bond donors (Lipinski definition) is 0. The topological polar surface area (TPSA) is 15.7 Å². The van der Waals surface area contributed by atoms with Gasteiger partial charge >= 0.3 is 0 Å². The third-order valence-corrected chi connectivity index (χ3v) is 12.5. The van der Waals surface area contributed by atoms with E-state index in [1.54, 1.807) is 0 Å². The van der Waals surface area contributed by atoms with Gasteiger partial charge in [0.1, 0.15) is 11.5 Å². The highest BCUT2D eigenvalue weighted by atomic mass is 32.1. The first kappa shape index (κ1) is 31.0. The molecule has 0 fully saturated rings. The van der Waals surface area contributed by atoms with Gasteiger partial charge < -0.3 is 14.5 Å². The molecular formula is C50H34N2OS. The number of nitrogens with zero attached hydrogens (tertiary/aromatic N) is 2. The maximum absolute atomic E-state index is 6.58. The van der Waals surface area contributed by atoms with Gasteiger partial charge in [-0.25, -0.2) is 0 Å². The lowest BCUT2D eigenvalue weighted by Crippen LogP contribution is -2.32. The van der Waals surface area contributed by atoms with E-state index >= 15 is 0 Å². The summed E-state index contributed by atoms with van der Waals surface area (Å²) in [5.74, 6) is 1.81. The number of benzene rings is 8. The van der Waals surface area contributed by atoms with Crippen LogP contribution in [-0.4, -0.2) is 7.05 Å². The lowest BCUT2D eigenvalue weighted by molar-refractivity contribution is 0.436. The standard InChI is InChI=1S/C50H34N2OS/c1-51(33-14-3-2-4-15-33)34-16-13-17-35(30-34)52(37-27-29-49-41(32-37)39-19-6-12-25-48(39)54-49)36-26-28-43-40(31-36)38-18-5-7-20-42(38)50(43)44-21-8-10-23-46(44)53-47-24-11-9-22-45(47)50/h2-32H,1H3. The van der Waals surface area contributed by atoms with E-state index in [9.17, 15) is 0 Å². The Morgan fingerprint density at radius 3 is 1.80 bits per heavy atom. The summed E-state index contributed by atoms with van der Waals surface area (Å²) in [6.07, 6.45) is 0. The van der Waals surface area contributed by atoms with Crippen LogP contribution < -0.4 is 14.5 Å². The fourth-order valence-corrected chi connectivity index (χ4v) is 10.0. The molecule has 0 saturated carbocycles. The minimum Gasteiger partial charge on any atom is -0.457 e. The number of hydrogen-bond acceptors (Lipinski definition) is 4. The first-order valence-electron chi connectivity index (χ1n) is 18.4. The highest BCUT2D eigenvalue weighted by molar-refractivity contribution is 7.25. The summed E-state index contributed by atoms with van der Waals surface area (Å²) < 4.78 is 9.18. The fourth-order valence-electron chi connectivity index (χ4n) is 8.93. The summed E-state index contributed by atoms with van der Waals surface area (Å²) >= 11 is 1.85. The van der Waals surface area contributed by atoms with Crippen molar-refractivity contribution in [1.82, 2.24) is 0 Å². The lowest BCUT2D eigenvalue weighted by atomic mass is 9.66. The van der Waals surface area contributed by atoms with Crippen molar-refractivity contribution in [2.45, 2.75) is 5.41 Å². The van der Waals surface area contributed by atoms with E-state index in [2.05, 4.69) is 205 Å². The molecule has 0 atom stereocenters. The van der Waals surface area contributed by atoms with Gasteiger partial charge in [0, 0.05) is 66.8 Å². The summed E-state index contributed by atoms with van der Waals surface area (Å²) in [7, 11) is 2.14. The maximum Gasteiger partial charge on any atom is 0.132 e. The Morgan fingerprint density at radius 2 is 0.981 bits per heavy atom. The monoisotopic (exact) mass is 710 g/mol. The average Bonchev–Trinajstić information content (AvgIpc) is 3.75. The quantitative estimate of drug-likeness (QED) is 0.177. The van der Waals surface area contributed by atoms with Crippen molar-refractivity contribution >= 4 is 59.9 Å². The van der Waals surface area contributed by atoms with Crippen molar-refractivity contribution in [3.05, 3.63) is 210 Å². The third kappa shape index (κ3) is 4.47. The van der Waals surface area contributed by atoms with Crippen molar-refractivity contribution in [1.29, 1.82) is 0 Å². The van der Waals surface area contributed by atoms with Gasteiger partial charge in [-0.05, 0) is 101 Å². The van der Waals surface area contributed by atoms with Crippen LogP contribution in [-0.2, 0) is 5.41 Å². The number of rotatable bonds is 5.